The number of nitrogens with one attached hydrogen (secondary N) is 1. The summed E-state index contributed by atoms with van der Waals surface area (Å²) in [4.78, 5) is 17.3. The Morgan fingerprint density at radius 3 is 2.64 bits per heavy atom. The highest BCUT2D eigenvalue weighted by Gasteiger charge is 2.15. The van der Waals surface area contributed by atoms with Crippen molar-refractivity contribution in [2.24, 2.45) is 0 Å². The van der Waals surface area contributed by atoms with Crippen LogP contribution in [-0.4, -0.2) is 34.7 Å². The van der Waals surface area contributed by atoms with Crippen LogP contribution in [0.3, 0.4) is 0 Å². The molecule has 7 nitrogen and oxygen atoms in total. The van der Waals surface area contributed by atoms with Gasteiger partial charge >= 0.3 is 0 Å². The number of ether oxygens (including phenoxy) is 2. The number of benzene rings is 2. The second-order valence-corrected chi connectivity index (χ2v) is 7.69. The summed E-state index contributed by atoms with van der Waals surface area (Å²) in [7, 11) is 3.11. The zero-order valence-electron chi connectivity index (χ0n) is 19.0. The van der Waals surface area contributed by atoms with Crippen molar-refractivity contribution in [2.75, 3.05) is 19.5 Å². The number of nitrogens with zero attached hydrogens (tertiary/aromatic N) is 3. The molecule has 2 heterocycles. The third-order valence-electron chi connectivity index (χ3n) is 5.57. The molecular formula is C25H25FN4O3. The van der Waals surface area contributed by atoms with Crippen LogP contribution in [0.4, 0.5) is 10.1 Å². The highest BCUT2D eigenvalue weighted by Crippen LogP contribution is 2.29. The minimum atomic E-state index is -0.314. The predicted octanol–water partition coefficient (Wildman–Crippen LogP) is 4.74. The van der Waals surface area contributed by atoms with E-state index in [0.29, 0.717) is 40.5 Å². The molecule has 0 atom stereocenters. The van der Waals surface area contributed by atoms with Gasteiger partial charge in [0, 0.05) is 35.5 Å². The number of carbonyl (C=O) groups excluding carboxylic acids is 1. The van der Waals surface area contributed by atoms with Crippen molar-refractivity contribution >= 4 is 17.2 Å². The van der Waals surface area contributed by atoms with E-state index in [1.54, 1.807) is 43.0 Å². The lowest BCUT2D eigenvalue weighted by Crippen LogP contribution is -2.15. The summed E-state index contributed by atoms with van der Waals surface area (Å²) in [5, 5.41) is 7.51. The van der Waals surface area contributed by atoms with Crippen LogP contribution in [0, 0.1) is 19.7 Å². The van der Waals surface area contributed by atoms with Crippen LogP contribution in [0.5, 0.6) is 11.5 Å². The van der Waals surface area contributed by atoms with E-state index in [0.717, 1.165) is 17.0 Å². The Hall–Kier alpha value is -3.94. The van der Waals surface area contributed by atoms with E-state index >= 15 is 0 Å². The predicted molar refractivity (Wildman–Crippen MR) is 124 cm³/mol. The maximum Gasteiger partial charge on any atom is 0.224 e. The number of anilines is 1. The zero-order chi connectivity index (χ0) is 23.5. The zero-order valence-corrected chi connectivity index (χ0v) is 19.0. The van der Waals surface area contributed by atoms with Crippen LogP contribution in [0.25, 0.3) is 16.9 Å². The van der Waals surface area contributed by atoms with E-state index in [1.807, 2.05) is 26.0 Å². The number of aromatic nitrogens is 3. The molecule has 0 saturated heterocycles. The maximum absolute atomic E-state index is 13.6. The first kappa shape index (κ1) is 22.3. The Morgan fingerprint density at radius 1 is 1.09 bits per heavy atom. The van der Waals surface area contributed by atoms with E-state index < -0.39 is 0 Å². The summed E-state index contributed by atoms with van der Waals surface area (Å²) in [6, 6.07) is 13.4. The first-order chi connectivity index (χ1) is 15.9. The number of amides is 1. The minimum Gasteiger partial charge on any atom is -0.497 e. The summed E-state index contributed by atoms with van der Waals surface area (Å²) in [6.07, 6.45) is 0.766. The highest BCUT2D eigenvalue weighted by atomic mass is 19.1. The lowest BCUT2D eigenvalue weighted by molar-refractivity contribution is -0.116. The van der Waals surface area contributed by atoms with E-state index in [2.05, 4.69) is 15.4 Å². The Labute approximate surface area is 191 Å². The molecule has 0 radical (unpaired) electrons. The van der Waals surface area contributed by atoms with Crippen molar-refractivity contribution in [3.8, 4) is 22.8 Å². The number of hydrogen-bond donors (Lipinski definition) is 1. The summed E-state index contributed by atoms with van der Waals surface area (Å²) in [5.74, 6) is 0.718. The van der Waals surface area contributed by atoms with Crippen LogP contribution >= 0.6 is 0 Å². The number of aryl methyl sites for hydroxylation is 2. The average molecular weight is 448 g/mol. The number of rotatable bonds is 7. The van der Waals surface area contributed by atoms with Crippen LogP contribution < -0.4 is 14.8 Å². The third-order valence-corrected chi connectivity index (χ3v) is 5.57. The molecule has 0 bridgehead atoms. The SMILES string of the molecule is COc1ccc(NC(=O)CCc2c(C)nc3cc(-c4cccc(F)c4)nn3c2C)c(OC)c1. The van der Waals surface area contributed by atoms with Crippen molar-refractivity contribution in [3.63, 3.8) is 0 Å². The van der Waals surface area contributed by atoms with Crippen LogP contribution in [0.15, 0.2) is 48.5 Å². The molecule has 1 N–H and O–H groups in total. The van der Waals surface area contributed by atoms with Crippen molar-refractivity contribution in [3.05, 3.63) is 71.3 Å². The topological polar surface area (TPSA) is 77.8 Å². The summed E-state index contributed by atoms with van der Waals surface area (Å²) in [6.45, 7) is 3.87. The highest BCUT2D eigenvalue weighted by molar-refractivity contribution is 5.92. The Kier molecular flexibility index (Phi) is 6.26. The number of halogens is 1. The lowest BCUT2D eigenvalue weighted by atomic mass is 10.1. The summed E-state index contributed by atoms with van der Waals surface area (Å²) in [5.41, 5.74) is 5.28. The normalized spacial score (nSPS) is 10.9. The van der Waals surface area contributed by atoms with E-state index in [9.17, 15) is 9.18 Å². The van der Waals surface area contributed by atoms with Gasteiger partial charge in [0.25, 0.3) is 0 Å². The molecule has 0 saturated carbocycles. The molecule has 4 rings (SSSR count). The largest absolute Gasteiger partial charge is 0.497 e. The molecule has 1 amide bonds. The smallest absolute Gasteiger partial charge is 0.224 e. The quantitative estimate of drug-likeness (QED) is 0.442. The summed E-state index contributed by atoms with van der Waals surface area (Å²) < 4.78 is 25.9. The molecule has 0 spiro atoms. The molecule has 170 valence electrons. The van der Waals surface area contributed by atoms with Gasteiger partial charge < -0.3 is 14.8 Å². The molecule has 0 aliphatic rings. The van der Waals surface area contributed by atoms with E-state index in [1.165, 1.54) is 12.1 Å². The van der Waals surface area contributed by atoms with Gasteiger partial charge in [0.05, 0.1) is 25.6 Å². The van der Waals surface area contributed by atoms with E-state index in [-0.39, 0.29) is 18.1 Å². The van der Waals surface area contributed by atoms with Gasteiger partial charge in [0.2, 0.25) is 5.91 Å². The molecular weight excluding hydrogens is 423 g/mol. The van der Waals surface area contributed by atoms with Crippen molar-refractivity contribution in [1.82, 2.24) is 14.6 Å². The Bertz CT molecular complexity index is 1330. The maximum atomic E-state index is 13.6. The molecule has 0 fully saturated rings. The molecule has 2 aromatic heterocycles. The van der Waals surface area contributed by atoms with Gasteiger partial charge in [-0.25, -0.2) is 13.9 Å². The number of methoxy groups -OCH3 is 2. The number of carbonyl (C=O) groups is 1. The molecule has 0 aliphatic carbocycles. The van der Waals surface area contributed by atoms with Gasteiger partial charge in [-0.3, -0.25) is 4.79 Å². The van der Waals surface area contributed by atoms with Crippen LogP contribution in [0.1, 0.15) is 23.4 Å². The fourth-order valence-corrected chi connectivity index (χ4v) is 3.83. The van der Waals surface area contributed by atoms with Gasteiger partial charge in [-0.05, 0) is 50.1 Å². The second kappa shape index (κ2) is 9.28. The molecule has 0 aliphatic heterocycles. The molecule has 2 aromatic carbocycles. The lowest BCUT2D eigenvalue weighted by Gasteiger charge is -2.13. The standard InChI is InChI=1S/C25H25FN4O3/c1-15-20(9-11-25(31)28-21-10-8-19(32-3)13-23(21)33-4)16(2)30-24(27-15)14-22(29-30)17-6-5-7-18(26)12-17/h5-8,10,12-14H,9,11H2,1-4H3,(H,28,31). The fraction of sp³-hybridized carbons (Fsp3) is 0.240. The molecule has 4 aromatic rings. The second-order valence-electron chi connectivity index (χ2n) is 7.69. The fourth-order valence-electron chi connectivity index (χ4n) is 3.83. The third kappa shape index (κ3) is 4.64. The van der Waals surface area contributed by atoms with Crippen molar-refractivity contribution in [2.45, 2.75) is 26.7 Å². The minimum absolute atomic E-state index is 0.140. The van der Waals surface area contributed by atoms with Gasteiger partial charge in [-0.1, -0.05) is 12.1 Å². The van der Waals surface area contributed by atoms with Crippen molar-refractivity contribution in [1.29, 1.82) is 0 Å². The first-order valence-electron chi connectivity index (χ1n) is 10.5. The van der Waals surface area contributed by atoms with Gasteiger partial charge in [0.15, 0.2) is 5.65 Å². The Morgan fingerprint density at radius 2 is 1.91 bits per heavy atom. The van der Waals surface area contributed by atoms with Crippen LogP contribution in [-0.2, 0) is 11.2 Å². The van der Waals surface area contributed by atoms with Gasteiger partial charge in [0.1, 0.15) is 17.3 Å². The van der Waals surface area contributed by atoms with E-state index in [4.69, 9.17) is 9.47 Å². The molecule has 8 heteroatoms. The number of hydrogen-bond acceptors (Lipinski definition) is 5. The van der Waals surface area contributed by atoms with Gasteiger partial charge in [-0.2, -0.15) is 5.10 Å². The monoisotopic (exact) mass is 448 g/mol. The van der Waals surface area contributed by atoms with Crippen molar-refractivity contribution < 1.29 is 18.7 Å². The van der Waals surface area contributed by atoms with Crippen LogP contribution in [0.2, 0.25) is 0 Å². The number of fused-ring (bicyclic) bond motifs is 1. The van der Waals surface area contributed by atoms with Gasteiger partial charge in [-0.15, -0.1) is 0 Å². The first-order valence-corrected chi connectivity index (χ1v) is 10.5. The average Bonchev–Trinajstić information content (AvgIpc) is 3.23. The summed E-state index contributed by atoms with van der Waals surface area (Å²) >= 11 is 0. The molecule has 33 heavy (non-hydrogen) atoms. The molecule has 0 unspecified atom stereocenters. The Balaban J connectivity index is 1.53.